The van der Waals surface area contributed by atoms with Gasteiger partial charge in [-0.25, -0.2) is 9.67 Å². The Labute approximate surface area is 179 Å². The van der Waals surface area contributed by atoms with Crippen molar-refractivity contribution in [2.75, 3.05) is 24.5 Å². The number of nitrogens with zero attached hydrogens (tertiary/aromatic N) is 5. The first-order valence-corrected chi connectivity index (χ1v) is 10.2. The standard InChI is InChI=1S/C22H22N6O.ClH/c29-22-21-15(4-3-5-19(21)27-12-16-10-23-18(16)14-27)11-24-28(22)9-7-17-13-26-8-2-1-6-20(26)25-17;/h1-6,8,11,13,16,18,23H,7,9-10,12,14H2;1H/t16-,18+;/m0./s1. The van der Waals surface area contributed by atoms with Crippen molar-refractivity contribution in [1.29, 1.82) is 0 Å². The van der Waals surface area contributed by atoms with Gasteiger partial charge in [0.05, 0.1) is 29.5 Å². The van der Waals surface area contributed by atoms with Crippen molar-refractivity contribution in [3.63, 3.8) is 0 Å². The van der Waals surface area contributed by atoms with Crippen LogP contribution in [-0.2, 0) is 13.0 Å². The highest BCUT2D eigenvalue weighted by Gasteiger charge is 2.39. The third kappa shape index (κ3) is 3.05. The van der Waals surface area contributed by atoms with Gasteiger partial charge in [0.15, 0.2) is 0 Å². The summed E-state index contributed by atoms with van der Waals surface area (Å²) in [6.45, 7) is 3.57. The molecule has 154 valence electrons. The van der Waals surface area contributed by atoms with E-state index in [-0.39, 0.29) is 18.0 Å². The minimum Gasteiger partial charge on any atom is -0.369 e. The van der Waals surface area contributed by atoms with Crippen molar-refractivity contribution in [2.45, 2.75) is 19.0 Å². The van der Waals surface area contributed by atoms with Gasteiger partial charge in [0.25, 0.3) is 5.56 Å². The highest BCUT2D eigenvalue weighted by molar-refractivity contribution is 5.93. The van der Waals surface area contributed by atoms with Gasteiger partial charge < -0.3 is 14.6 Å². The molecule has 0 radical (unpaired) electrons. The molecule has 0 bridgehead atoms. The molecule has 5 heterocycles. The van der Waals surface area contributed by atoms with Crippen molar-refractivity contribution < 1.29 is 0 Å². The fourth-order valence-corrected chi connectivity index (χ4v) is 4.61. The average molecular weight is 423 g/mol. The smallest absolute Gasteiger partial charge is 0.276 e. The topological polar surface area (TPSA) is 67.5 Å². The fourth-order valence-electron chi connectivity index (χ4n) is 4.61. The molecule has 0 amide bonds. The van der Waals surface area contributed by atoms with E-state index < -0.39 is 0 Å². The molecule has 0 aliphatic carbocycles. The number of fused-ring (bicyclic) bond motifs is 3. The Hall–Kier alpha value is -2.90. The summed E-state index contributed by atoms with van der Waals surface area (Å²) < 4.78 is 3.58. The summed E-state index contributed by atoms with van der Waals surface area (Å²) in [4.78, 5) is 20.3. The van der Waals surface area contributed by atoms with E-state index in [1.165, 1.54) is 0 Å². The van der Waals surface area contributed by atoms with Crippen molar-refractivity contribution in [3.8, 4) is 0 Å². The van der Waals surface area contributed by atoms with Gasteiger partial charge in [0.2, 0.25) is 0 Å². The Kier molecular flexibility index (Phi) is 4.72. The molecule has 2 aliphatic rings. The number of halogens is 1. The van der Waals surface area contributed by atoms with Crippen molar-refractivity contribution >= 4 is 34.5 Å². The zero-order valence-electron chi connectivity index (χ0n) is 16.4. The maximum Gasteiger partial charge on any atom is 0.276 e. The van der Waals surface area contributed by atoms with Crippen LogP contribution < -0.4 is 15.8 Å². The number of benzene rings is 1. The molecule has 2 aliphatic heterocycles. The number of nitrogens with one attached hydrogen (secondary N) is 1. The summed E-state index contributed by atoms with van der Waals surface area (Å²) in [6.07, 6.45) is 6.48. The van der Waals surface area contributed by atoms with Crippen LogP contribution >= 0.6 is 12.4 Å². The van der Waals surface area contributed by atoms with Crippen LogP contribution in [0.5, 0.6) is 0 Å². The largest absolute Gasteiger partial charge is 0.369 e. The predicted molar refractivity (Wildman–Crippen MR) is 120 cm³/mol. The third-order valence-electron chi connectivity index (χ3n) is 6.28. The monoisotopic (exact) mass is 422 g/mol. The number of aromatic nitrogens is 4. The van der Waals surface area contributed by atoms with E-state index in [1.807, 2.05) is 53.3 Å². The highest BCUT2D eigenvalue weighted by atomic mass is 35.5. The minimum atomic E-state index is -0.0194. The number of hydrogen-bond acceptors (Lipinski definition) is 5. The van der Waals surface area contributed by atoms with Gasteiger partial charge in [-0.1, -0.05) is 18.2 Å². The number of pyridine rings is 1. The zero-order valence-corrected chi connectivity index (χ0v) is 17.3. The van der Waals surface area contributed by atoms with Gasteiger partial charge in [0, 0.05) is 55.8 Å². The molecular weight excluding hydrogens is 400 g/mol. The summed E-state index contributed by atoms with van der Waals surface area (Å²) in [6, 6.07) is 12.6. The number of rotatable bonds is 4. The van der Waals surface area contributed by atoms with Gasteiger partial charge in [0.1, 0.15) is 5.65 Å². The van der Waals surface area contributed by atoms with Crippen molar-refractivity contribution in [3.05, 3.63) is 71.0 Å². The lowest BCUT2D eigenvalue weighted by Gasteiger charge is -2.29. The maximum absolute atomic E-state index is 13.3. The van der Waals surface area contributed by atoms with Gasteiger partial charge in [-0.15, -0.1) is 12.4 Å². The first-order valence-electron chi connectivity index (χ1n) is 10.2. The molecule has 2 saturated heterocycles. The van der Waals surface area contributed by atoms with E-state index in [4.69, 9.17) is 0 Å². The Morgan fingerprint density at radius 3 is 2.83 bits per heavy atom. The van der Waals surface area contributed by atoms with Gasteiger partial charge >= 0.3 is 0 Å². The quantitative estimate of drug-likeness (QED) is 0.545. The number of imidazole rings is 1. The van der Waals surface area contributed by atoms with E-state index in [0.29, 0.717) is 24.9 Å². The molecular formula is C22H23ClN6O. The van der Waals surface area contributed by atoms with Crippen LogP contribution in [0.15, 0.2) is 59.8 Å². The molecule has 8 heteroatoms. The van der Waals surface area contributed by atoms with Gasteiger partial charge in [-0.2, -0.15) is 5.10 Å². The molecule has 0 unspecified atom stereocenters. The first-order chi connectivity index (χ1) is 14.3. The zero-order chi connectivity index (χ0) is 19.4. The molecule has 2 fully saturated rings. The Balaban J connectivity index is 0.00000193. The average Bonchev–Trinajstić information content (AvgIpc) is 3.27. The fraction of sp³-hybridized carbons (Fsp3) is 0.318. The van der Waals surface area contributed by atoms with Gasteiger partial charge in [-0.05, 0) is 18.2 Å². The number of aryl methyl sites for hydroxylation is 2. The second-order valence-electron chi connectivity index (χ2n) is 8.04. The Morgan fingerprint density at radius 1 is 1.13 bits per heavy atom. The highest BCUT2D eigenvalue weighted by Crippen LogP contribution is 2.31. The molecule has 3 aromatic heterocycles. The third-order valence-corrected chi connectivity index (χ3v) is 6.28. The minimum absolute atomic E-state index is 0. The van der Waals surface area contributed by atoms with Crippen LogP contribution in [0.1, 0.15) is 5.69 Å². The molecule has 30 heavy (non-hydrogen) atoms. The molecule has 1 aromatic carbocycles. The summed E-state index contributed by atoms with van der Waals surface area (Å²) in [7, 11) is 0. The summed E-state index contributed by atoms with van der Waals surface area (Å²) in [5.41, 5.74) is 2.89. The van der Waals surface area contributed by atoms with Crippen LogP contribution in [0, 0.1) is 5.92 Å². The molecule has 1 N–H and O–H groups in total. The molecule has 2 atom stereocenters. The van der Waals surface area contributed by atoms with Crippen LogP contribution in [0.2, 0.25) is 0 Å². The molecule has 0 spiro atoms. The van der Waals surface area contributed by atoms with Crippen LogP contribution in [0.4, 0.5) is 5.69 Å². The summed E-state index contributed by atoms with van der Waals surface area (Å²) in [5, 5.41) is 9.59. The second-order valence-corrected chi connectivity index (χ2v) is 8.04. The Bertz CT molecular complexity index is 1240. The number of anilines is 1. The Morgan fingerprint density at radius 2 is 2.07 bits per heavy atom. The normalized spacial score (nSPS) is 20.2. The second kappa shape index (κ2) is 7.41. The van der Waals surface area contributed by atoms with E-state index in [2.05, 4.69) is 26.4 Å². The van der Waals surface area contributed by atoms with Crippen LogP contribution in [-0.4, -0.2) is 44.8 Å². The molecule has 0 saturated carbocycles. The van der Waals surface area contributed by atoms with Crippen LogP contribution in [0.3, 0.4) is 0 Å². The van der Waals surface area contributed by atoms with Gasteiger partial charge in [-0.3, -0.25) is 4.79 Å². The lowest BCUT2D eigenvalue weighted by molar-refractivity contribution is 0.297. The summed E-state index contributed by atoms with van der Waals surface area (Å²) in [5.74, 6) is 0.698. The van der Waals surface area contributed by atoms with E-state index in [0.717, 1.165) is 47.4 Å². The molecule has 6 rings (SSSR count). The SMILES string of the molecule is Cl.O=c1c2c(N3C[C@@H]4CN[C@@H]4C3)cccc2cnn1CCc1cn2ccccc2n1. The number of hydrogen-bond donors (Lipinski definition) is 1. The van der Waals surface area contributed by atoms with E-state index in [9.17, 15) is 4.79 Å². The van der Waals surface area contributed by atoms with E-state index >= 15 is 0 Å². The summed E-state index contributed by atoms with van der Waals surface area (Å²) >= 11 is 0. The lowest BCUT2D eigenvalue weighted by Crippen LogP contribution is -2.51. The van der Waals surface area contributed by atoms with Crippen LogP contribution in [0.25, 0.3) is 16.4 Å². The maximum atomic E-state index is 13.3. The lowest BCUT2D eigenvalue weighted by atomic mass is 9.96. The van der Waals surface area contributed by atoms with Crippen molar-refractivity contribution in [2.24, 2.45) is 5.92 Å². The molecule has 7 nitrogen and oxygen atoms in total. The predicted octanol–water partition coefficient (Wildman–Crippen LogP) is 2.12. The molecule has 4 aromatic rings. The van der Waals surface area contributed by atoms with Crippen molar-refractivity contribution in [1.82, 2.24) is 24.5 Å². The first kappa shape index (κ1) is 19.1. The van der Waals surface area contributed by atoms with E-state index in [1.54, 1.807) is 4.68 Å².